The van der Waals surface area contributed by atoms with Gasteiger partial charge in [0.15, 0.2) is 17.0 Å². The van der Waals surface area contributed by atoms with Crippen LogP contribution >= 0.6 is 35.0 Å². The molecule has 1 unspecified atom stereocenters. The highest BCUT2D eigenvalue weighted by Gasteiger charge is 2.24. The van der Waals surface area contributed by atoms with Crippen molar-refractivity contribution in [1.82, 2.24) is 9.38 Å². The first kappa shape index (κ1) is 19.5. The quantitative estimate of drug-likeness (QED) is 0.481. The van der Waals surface area contributed by atoms with E-state index in [0.29, 0.717) is 26.4 Å². The van der Waals surface area contributed by atoms with Gasteiger partial charge in [0, 0.05) is 11.2 Å². The number of nitrogens with one attached hydrogen (secondary N) is 1. The van der Waals surface area contributed by atoms with Gasteiger partial charge in [0.2, 0.25) is 0 Å². The number of benzene rings is 1. The maximum absolute atomic E-state index is 12.5. The molecule has 0 aliphatic rings. The van der Waals surface area contributed by atoms with Crippen molar-refractivity contribution in [3.8, 4) is 0 Å². The van der Waals surface area contributed by atoms with Gasteiger partial charge >= 0.3 is 5.97 Å². The fourth-order valence-corrected chi connectivity index (χ4v) is 3.28. The highest BCUT2D eigenvalue weighted by Crippen LogP contribution is 2.26. The number of pyridine rings is 1. The fourth-order valence-electron chi connectivity index (χ4n) is 2.40. The maximum Gasteiger partial charge on any atom is 0.360 e. The van der Waals surface area contributed by atoms with Gasteiger partial charge in [-0.25, -0.2) is 9.78 Å². The lowest BCUT2D eigenvalue weighted by Gasteiger charge is -2.14. The first-order valence-corrected chi connectivity index (χ1v) is 9.86. The standard InChI is InChI=1S/C18H15Cl2N3O3S/c1-10(16(24)21-13-9-11(19)6-7-12(13)20)26-17(25)15-14-5-3-4-8-23(14)18(22-15)27-2/h3-10H,1-2H3,(H,21,24). The van der Waals surface area contributed by atoms with E-state index >= 15 is 0 Å². The maximum atomic E-state index is 12.5. The van der Waals surface area contributed by atoms with E-state index in [4.69, 9.17) is 27.9 Å². The van der Waals surface area contributed by atoms with Crippen molar-refractivity contribution in [2.24, 2.45) is 0 Å². The van der Waals surface area contributed by atoms with Crippen LogP contribution in [0.1, 0.15) is 17.4 Å². The summed E-state index contributed by atoms with van der Waals surface area (Å²) in [7, 11) is 0. The summed E-state index contributed by atoms with van der Waals surface area (Å²) in [6, 6.07) is 10.1. The summed E-state index contributed by atoms with van der Waals surface area (Å²) in [6.45, 7) is 1.47. The lowest BCUT2D eigenvalue weighted by Crippen LogP contribution is -2.30. The summed E-state index contributed by atoms with van der Waals surface area (Å²) < 4.78 is 7.08. The van der Waals surface area contributed by atoms with Gasteiger partial charge in [-0.15, -0.1) is 0 Å². The number of thioether (sulfide) groups is 1. The molecule has 0 saturated heterocycles. The normalized spacial score (nSPS) is 12.0. The largest absolute Gasteiger partial charge is 0.448 e. The van der Waals surface area contributed by atoms with Crippen LogP contribution in [0.3, 0.4) is 0 Å². The third-order valence-corrected chi connectivity index (χ3v) is 4.95. The molecule has 2 aromatic heterocycles. The smallest absolute Gasteiger partial charge is 0.360 e. The van der Waals surface area contributed by atoms with Gasteiger partial charge in [0.1, 0.15) is 0 Å². The molecule has 3 aromatic rings. The second-order valence-corrected chi connectivity index (χ2v) is 7.18. The number of hydrogen-bond donors (Lipinski definition) is 1. The molecule has 1 amide bonds. The van der Waals surface area contributed by atoms with Crippen molar-refractivity contribution < 1.29 is 14.3 Å². The molecule has 6 nitrogen and oxygen atoms in total. The Morgan fingerprint density at radius 3 is 2.78 bits per heavy atom. The van der Waals surface area contributed by atoms with E-state index in [1.807, 2.05) is 18.5 Å². The third kappa shape index (κ3) is 4.21. The van der Waals surface area contributed by atoms with Crippen molar-refractivity contribution >= 4 is 58.0 Å². The van der Waals surface area contributed by atoms with Crippen LogP contribution in [0, 0.1) is 0 Å². The molecular weight excluding hydrogens is 409 g/mol. The average molecular weight is 424 g/mol. The number of rotatable bonds is 5. The van der Waals surface area contributed by atoms with Crippen molar-refractivity contribution in [3.05, 3.63) is 58.3 Å². The SMILES string of the molecule is CSc1nc(C(=O)OC(C)C(=O)Nc2cc(Cl)ccc2Cl)c2ccccn12. The highest BCUT2D eigenvalue weighted by atomic mass is 35.5. The average Bonchev–Trinajstić information content (AvgIpc) is 3.03. The van der Waals surface area contributed by atoms with Crippen molar-refractivity contribution in [1.29, 1.82) is 0 Å². The summed E-state index contributed by atoms with van der Waals surface area (Å²) in [4.78, 5) is 29.2. The minimum Gasteiger partial charge on any atom is -0.448 e. The predicted molar refractivity (Wildman–Crippen MR) is 107 cm³/mol. The zero-order valence-corrected chi connectivity index (χ0v) is 16.7. The number of hydrogen-bond acceptors (Lipinski definition) is 5. The van der Waals surface area contributed by atoms with Crippen LogP contribution < -0.4 is 5.32 Å². The van der Waals surface area contributed by atoms with E-state index in [2.05, 4.69) is 10.3 Å². The lowest BCUT2D eigenvalue weighted by atomic mass is 10.3. The van der Waals surface area contributed by atoms with Gasteiger partial charge in [-0.05, 0) is 43.5 Å². The topological polar surface area (TPSA) is 72.7 Å². The van der Waals surface area contributed by atoms with E-state index in [1.54, 1.807) is 28.7 Å². The van der Waals surface area contributed by atoms with Gasteiger partial charge in [-0.2, -0.15) is 0 Å². The number of aromatic nitrogens is 2. The van der Waals surface area contributed by atoms with Crippen molar-refractivity contribution in [2.75, 3.05) is 11.6 Å². The molecule has 0 saturated carbocycles. The molecular formula is C18H15Cl2N3O3S. The van der Waals surface area contributed by atoms with Crippen LogP contribution in [-0.4, -0.2) is 33.6 Å². The molecule has 0 radical (unpaired) electrons. The molecule has 140 valence electrons. The Morgan fingerprint density at radius 2 is 2.04 bits per heavy atom. The Bertz CT molecular complexity index is 1020. The molecule has 0 aliphatic heterocycles. The number of fused-ring (bicyclic) bond motifs is 1. The highest BCUT2D eigenvalue weighted by molar-refractivity contribution is 7.98. The van der Waals surface area contributed by atoms with Crippen LogP contribution in [0.15, 0.2) is 47.8 Å². The van der Waals surface area contributed by atoms with Crippen molar-refractivity contribution in [3.63, 3.8) is 0 Å². The van der Waals surface area contributed by atoms with Gasteiger partial charge < -0.3 is 10.1 Å². The Labute approximate surface area is 169 Å². The number of amides is 1. The molecule has 0 bridgehead atoms. The number of nitrogens with zero attached hydrogens (tertiary/aromatic N) is 2. The van der Waals surface area contributed by atoms with Crippen LogP contribution in [0.25, 0.3) is 5.52 Å². The molecule has 1 N–H and O–H groups in total. The Hall–Kier alpha value is -2.22. The van der Waals surface area contributed by atoms with E-state index in [0.717, 1.165) is 0 Å². The molecule has 3 rings (SSSR count). The van der Waals surface area contributed by atoms with Crippen LogP contribution in [0.4, 0.5) is 5.69 Å². The molecule has 1 aromatic carbocycles. The number of esters is 1. The van der Waals surface area contributed by atoms with E-state index < -0.39 is 18.0 Å². The Balaban J connectivity index is 1.76. The molecule has 2 heterocycles. The van der Waals surface area contributed by atoms with E-state index in [1.165, 1.54) is 24.8 Å². The second-order valence-electron chi connectivity index (χ2n) is 5.56. The van der Waals surface area contributed by atoms with Gasteiger partial charge in [-0.3, -0.25) is 9.20 Å². The second kappa shape index (κ2) is 8.21. The van der Waals surface area contributed by atoms with Gasteiger partial charge in [0.05, 0.1) is 16.2 Å². The number of carbonyl (C=O) groups is 2. The predicted octanol–water partition coefficient (Wildman–Crippen LogP) is 4.55. The summed E-state index contributed by atoms with van der Waals surface area (Å²) in [5.41, 5.74) is 1.10. The monoisotopic (exact) mass is 423 g/mol. The summed E-state index contributed by atoms with van der Waals surface area (Å²) in [5.74, 6) is -1.21. The minimum absolute atomic E-state index is 0.153. The molecule has 1 atom stereocenters. The Morgan fingerprint density at radius 1 is 1.26 bits per heavy atom. The Kier molecular flexibility index (Phi) is 5.94. The zero-order chi connectivity index (χ0) is 19.6. The summed E-state index contributed by atoms with van der Waals surface area (Å²) in [5, 5.41) is 4.01. The fraction of sp³-hybridized carbons (Fsp3) is 0.167. The van der Waals surface area contributed by atoms with E-state index in [9.17, 15) is 9.59 Å². The molecule has 0 aliphatic carbocycles. The van der Waals surface area contributed by atoms with E-state index in [-0.39, 0.29) is 5.69 Å². The van der Waals surface area contributed by atoms with Crippen LogP contribution in [-0.2, 0) is 9.53 Å². The molecule has 9 heteroatoms. The molecule has 0 spiro atoms. The summed E-state index contributed by atoms with van der Waals surface area (Å²) >= 11 is 13.3. The lowest BCUT2D eigenvalue weighted by molar-refractivity contribution is -0.123. The first-order chi connectivity index (χ1) is 12.9. The first-order valence-electron chi connectivity index (χ1n) is 7.88. The zero-order valence-electron chi connectivity index (χ0n) is 14.4. The van der Waals surface area contributed by atoms with Crippen LogP contribution in [0.2, 0.25) is 10.0 Å². The number of ether oxygens (including phenoxy) is 1. The number of halogens is 2. The minimum atomic E-state index is -1.05. The van der Waals surface area contributed by atoms with Crippen molar-refractivity contribution in [2.45, 2.75) is 18.2 Å². The van der Waals surface area contributed by atoms with Gasteiger partial charge in [-0.1, -0.05) is 41.0 Å². The number of carbonyl (C=O) groups excluding carboxylic acids is 2. The summed E-state index contributed by atoms with van der Waals surface area (Å²) in [6.07, 6.45) is 2.62. The molecule has 0 fully saturated rings. The van der Waals surface area contributed by atoms with Crippen LogP contribution in [0.5, 0.6) is 0 Å². The van der Waals surface area contributed by atoms with Gasteiger partial charge in [0.25, 0.3) is 5.91 Å². The third-order valence-electron chi connectivity index (χ3n) is 3.73. The number of anilines is 1. The molecule has 27 heavy (non-hydrogen) atoms. The number of imidazole rings is 1.